The van der Waals surface area contributed by atoms with Gasteiger partial charge in [0.15, 0.2) is 5.13 Å². The Kier molecular flexibility index (Phi) is 9.11. The van der Waals surface area contributed by atoms with Crippen molar-refractivity contribution in [3.8, 4) is 17.0 Å². The molecule has 0 saturated carbocycles. The molecule has 1 unspecified atom stereocenters. The van der Waals surface area contributed by atoms with Gasteiger partial charge < -0.3 is 14.7 Å². The molecule has 2 aliphatic heterocycles. The lowest BCUT2D eigenvalue weighted by Gasteiger charge is -2.30. The third-order valence-electron chi connectivity index (χ3n) is 7.76. The van der Waals surface area contributed by atoms with Crippen LogP contribution in [0.3, 0.4) is 0 Å². The molecule has 2 aliphatic rings. The molecule has 2 N–H and O–H groups in total. The summed E-state index contributed by atoms with van der Waals surface area (Å²) < 4.78 is 59.8. The molecule has 43 heavy (non-hydrogen) atoms. The maximum absolute atomic E-state index is 13.8. The van der Waals surface area contributed by atoms with Crippen molar-refractivity contribution in [2.45, 2.75) is 44.4 Å². The fourth-order valence-electron chi connectivity index (χ4n) is 5.40. The second kappa shape index (κ2) is 12.8. The fourth-order valence-corrected chi connectivity index (χ4v) is 6.40. The average Bonchev–Trinajstić information content (AvgIpc) is 3.62. The Labute approximate surface area is 248 Å². The van der Waals surface area contributed by atoms with E-state index in [9.17, 15) is 32.3 Å². The SMILES string of the molecule is COc1ccc(-c2nc(NC(=O)c3cnc(N4CCC(C(=O)O)CC4)cn3)sc2CN2CCCC2CF)cc1C(F)(F)F. The molecule has 230 valence electrons. The molecule has 2 aromatic heterocycles. The number of thiazole rings is 1. The number of piperidine rings is 1. The van der Waals surface area contributed by atoms with Gasteiger partial charge >= 0.3 is 12.1 Å². The number of likely N-dealkylation sites (tertiary alicyclic amines) is 1. The minimum absolute atomic E-state index is 0.00307. The molecule has 0 radical (unpaired) electrons. The molecule has 0 bridgehead atoms. The van der Waals surface area contributed by atoms with Gasteiger partial charge in [0.2, 0.25) is 0 Å². The molecule has 1 aromatic carbocycles. The summed E-state index contributed by atoms with van der Waals surface area (Å²) >= 11 is 1.10. The third kappa shape index (κ3) is 6.88. The summed E-state index contributed by atoms with van der Waals surface area (Å²) in [5.74, 6) is -1.63. The van der Waals surface area contributed by atoms with Gasteiger partial charge in [-0.25, -0.2) is 19.3 Å². The molecule has 2 fully saturated rings. The summed E-state index contributed by atoms with van der Waals surface area (Å²) in [6.07, 6.45) is 0.528. The Bertz CT molecular complexity index is 1460. The lowest BCUT2D eigenvalue weighted by Crippen LogP contribution is -2.36. The van der Waals surface area contributed by atoms with Gasteiger partial charge in [0.05, 0.1) is 36.7 Å². The number of alkyl halides is 4. The van der Waals surface area contributed by atoms with Crippen molar-refractivity contribution in [3.63, 3.8) is 0 Å². The topological polar surface area (TPSA) is 121 Å². The monoisotopic (exact) mass is 622 g/mol. The quantitative estimate of drug-likeness (QED) is 0.314. The number of carbonyl (C=O) groups excluding carboxylic acids is 1. The molecule has 4 heterocycles. The standard InChI is InChI=1S/C28H30F4N6O4S/c1-42-21-5-4-17(11-19(21)28(30,31)32)24-22(15-38-8-2-3-18(38)12-29)43-27(35-24)36-25(39)20-13-34-23(14-33-20)37-9-6-16(7-10-37)26(40)41/h4-5,11,13-14,16,18H,2-3,6-10,12,15H2,1H3,(H,40,41)(H,35,36,39). The Hall–Kier alpha value is -3.85. The van der Waals surface area contributed by atoms with Crippen LogP contribution < -0.4 is 15.0 Å². The van der Waals surface area contributed by atoms with Gasteiger partial charge in [0, 0.05) is 36.1 Å². The van der Waals surface area contributed by atoms with E-state index >= 15 is 0 Å². The number of aliphatic carboxylic acids is 1. The highest BCUT2D eigenvalue weighted by Crippen LogP contribution is 2.41. The van der Waals surface area contributed by atoms with Gasteiger partial charge in [-0.1, -0.05) is 11.3 Å². The summed E-state index contributed by atoms with van der Waals surface area (Å²) in [6.45, 7) is 1.37. The van der Waals surface area contributed by atoms with E-state index < -0.39 is 36.2 Å². The van der Waals surface area contributed by atoms with Gasteiger partial charge in [-0.05, 0) is 50.4 Å². The number of ether oxygens (including phenoxy) is 1. The normalized spacial score (nSPS) is 18.2. The number of halogens is 4. The van der Waals surface area contributed by atoms with Crippen LogP contribution in [0.25, 0.3) is 11.3 Å². The first kappa shape index (κ1) is 30.6. The highest BCUT2D eigenvalue weighted by molar-refractivity contribution is 7.16. The van der Waals surface area contributed by atoms with Gasteiger partial charge in [0.1, 0.15) is 23.9 Å². The van der Waals surface area contributed by atoms with Gasteiger partial charge in [0.25, 0.3) is 5.91 Å². The number of hydrogen-bond acceptors (Lipinski definition) is 9. The third-order valence-corrected chi connectivity index (χ3v) is 8.71. The number of amides is 1. The van der Waals surface area contributed by atoms with Crippen LogP contribution in [0.5, 0.6) is 5.75 Å². The summed E-state index contributed by atoms with van der Waals surface area (Å²) in [4.78, 5) is 41.7. The van der Waals surface area contributed by atoms with Crippen LogP contribution in [0.15, 0.2) is 30.6 Å². The van der Waals surface area contributed by atoms with E-state index in [1.165, 1.54) is 24.5 Å². The number of carboxylic acid groups (broad SMARTS) is 1. The molecule has 10 nitrogen and oxygen atoms in total. The maximum atomic E-state index is 13.8. The zero-order chi connectivity index (χ0) is 30.7. The molecule has 1 atom stereocenters. The predicted molar refractivity (Wildman–Crippen MR) is 151 cm³/mol. The Morgan fingerprint density at radius 1 is 1.14 bits per heavy atom. The molecule has 2 saturated heterocycles. The van der Waals surface area contributed by atoms with E-state index in [0.29, 0.717) is 49.6 Å². The number of nitrogens with one attached hydrogen (secondary N) is 1. The number of carbonyl (C=O) groups is 2. The zero-order valence-electron chi connectivity index (χ0n) is 23.2. The number of nitrogens with zero attached hydrogens (tertiary/aromatic N) is 5. The van der Waals surface area contributed by atoms with Gasteiger partial charge in [-0.3, -0.25) is 19.8 Å². The van der Waals surface area contributed by atoms with E-state index in [4.69, 9.17) is 4.74 Å². The summed E-state index contributed by atoms with van der Waals surface area (Å²) in [5, 5.41) is 12.0. The number of hydrogen-bond donors (Lipinski definition) is 2. The number of anilines is 2. The minimum Gasteiger partial charge on any atom is -0.496 e. The van der Waals surface area contributed by atoms with E-state index in [2.05, 4.69) is 20.3 Å². The van der Waals surface area contributed by atoms with Gasteiger partial charge in [-0.15, -0.1) is 0 Å². The highest BCUT2D eigenvalue weighted by Gasteiger charge is 2.35. The number of carboxylic acids is 1. The molecule has 0 aliphatic carbocycles. The Morgan fingerprint density at radius 2 is 1.91 bits per heavy atom. The number of benzene rings is 1. The van der Waals surface area contributed by atoms with Crippen molar-refractivity contribution < 1.29 is 37.0 Å². The molecular weight excluding hydrogens is 592 g/mol. The first-order valence-corrected chi connectivity index (χ1v) is 14.6. The van der Waals surface area contributed by atoms with Crippen LogP contribution in [0.2, 0.25) is 0 Å². The van der Waals surface area contributed by atoms with E-state index in [-0.39, 0.29) is 40.4 Å². The van der Waals surface area contributed by atoms with Gasteiger partial charge in [-0.2, -0.15) is 13.2 Å². The molecule has 1 amide bonds. The first-order chi connectivity index (χ1) is 20.6. The van der Waals surface area contributed by atoms with Crippen LogP contribution in [0, 0.1) is 5.92 Å². The van der Waals surface area contributed by atoms with E-state index in [1.807, 2.05) is 9.80 Å². The minimum atomic E-state index is -4.67. The van der Waals surface area contributed by atoms with Crippen LogP contribution in [-0.4, -0.2) is 76.3 Å². The van der Waals surface area contributed by atoms with Crippen LogP contribution in [0.1, 0.15) is 46.6 Å². The van der Waals surface area contributed by atoms with Crippen molar-refractivity contribution in [1.29, 1.82) is 0 Å². The second-order valence-corrected chi connectivity index (χ2v) is 11.5. The number of methoxy groups -OCH3 is 1. The smallest absolute Gasteiger partial charge is 0.419 e. The average molecular weight is 623 g/mol. The number of aromatic nitrogens is 3. The fraction of sp³-hybridized carbons (Fsp3) is 0.464. The maximum Gasteiger partial charge on any atom is 0.419 e. The number of rotatable bonds is 9. The van der Waals surface area contributed by atoms with Crippen LogP contribution in [-0.2, 0) is 17.5 Å². The predicted octanol–water partition coefficient (Wildman–Crippen LogP) is 5.11. The molecular formula is C28H30F4N6O4S. The molecule has 0 spiro atoms. The second-order valence-electron chi connectivity index (χ2n) is 10.4. The van der Waals surface area contributed by atoms with Crippen molar-refractivity contribution in [2.24, 2.45) is 5.92 Å². The van der Waals surface area contributed by atoms with Crippen molar-refractivity contribution in [2.75, 3.05) is 43.6 Å². The summed E-state index contributed by atoms with van der Waals surface area (Å²) in [5.41, 5.74) is -0.512. The van der Waals surface area contributed by atoms with Crippen LogP contribution in [0.4, 0.5) is 28.5 Å². The Morgan fingerprint density at radius 3 is 2.53 bits per heavy atom. The van der Waals surface area contributed by atoms with Crippen molar-refractivity contribution in [1.82, 2.24) is 19.9 Å². The summed E-state index contributed by atoms with van der Waals surface area (Å²) in [6, 6.07) is 3.36. The molecule has 15 heteroatoms. The van der Waals surface area contributed by atoms with E-state index in [1.54, 1.807) is 0 Å². The molecule has 3 aromatic rings. The first-order valence-electron chi connectivity index (χ1n) is 13.7. The lowest BCUT2D eigenvalue weighted by molar-refractivity contribution is -0.142. The Balaban J connectivity index is 1.38. The largest absolute Gasteiger partial charge is 0.496 e. The zero-order valence-corrected chi connectivity index (χ0v) is 24.1. The van der Waals surface area contributed by atoms with Crippen molar-refractivity contribution in [3.05, 3.63) is 46.7 Å². The van der Waals surface area contributed by atoms with Crippen molar-refractivity contribution >= 4 is 34.2 Å². The van der Waals surface area contributed by atoms with Crippen LogP contribution >= 0.6 is 11.3 Å². The lowest BCUT2D eigenvalue weighted by atomic mass is 9.97. The van der Waals surface area contributed by atoms with E-state index in [0.717, 1.165) is 30.9 Å². The highest BCUT2D eigenvalue weighted by atomic mass is 32.1. The summed E-state index contributed by atoms with van der Waals surface area (Å²) in [7, 11) is 1.16. The molecule has 5 rings (SSSR count).